The van der Waals surface area contributed by atoms with Crippen molar-refractivity contribution in [3.63, 3.8) is 0 Å². The number of H-pyrrole nitrogens is 1. The molecular weight excluding hydrogens is 496 g/mol. The van der Waals surface area contributed by atoms with Gasteiger partial charge in [0, 0.05) is 5.56 Å². The lowest BCUT2D eigenvalue weighted by molar-refractivity contribution is -0.0393. The smallest absolute Gasteiger partial charge is 0.248 e. The molecule has 0 radical (unpaired) electrons. The largest absolute Gasteiger partial charge is 0.493 e. The van der Waals surface area contributed by atoms with Gasteiger partial charge in [0.25, 0.3) is 0 Å². The van der Waals surface area contributed by atoms with E-state index in [-0.39, 0.29) is 11.6 Å². The van der Waals surface area contributed by atoms with Crippen molar-refractivity contribution in [2.75, 3.05) is 7.11 Å². The molecule has 2 heterocycles. The predicted octanol–water partition coefficient (Wildman–Crippen LogP) is 4.17. The van der Waals surface area contributed by atoms with Crippen molar-refractivity contribution in [3.05, 3.63) is 76.8 Å². The summed E-state index contributed by atoms with van der Waals surface area (Å²) < 4.78 is 19.9. The van der Waals surface area contributed by atoms with Crippen LogP contribution in [-0.2, 0) is 23.5 Å². The summed E-state index contributed by atoms with van der Waals surface area (Å²) in [5, 5.41) is 8.35. The zero-order valence-electron chi connectivity index (χ0n) is 22.5. The number of imidazole rings is 1. The van der Waals surface area contributed by atoms with Crippen LogP contribution >= 0.6 is 0 Å². The Kier molecular flexibility index (Phi) is 7.38. The number of ether oxygens (including phenoxy) is 3. The number of primary amides is 1. The molecule has 1 fully saturated rings. The number of hydrogen-bond donors (Lipinski definition) is 3. The molecule has 1 saturated carbocycles. The molecule has 4 N–H and O–H groups in total. The van der Waals surface area contributed by atoms with Gasteiger partial charge in [-0.05, 0) is 74.9 Å². The summed E-state index contributed by atoms with van der Waals surface area (Å²) in [5.74, 6) is 1.57. The fourth-order valence-corrected chi connectivity index (χ4v) is 4.78. The Balaban J connectivity index is 1.38. The summed E-state index contributed by atoms with van der Waals surface area (Å²) in [5.41, 5.74) is 8.16. The molecule has 10 heteroatoms. The van der Waals surface area contributed by atoms with Gasteiger partial charge in [-0.1, -0.05) is 18.2 Å². The van der Waals surface area contributed by atoms with Gasteiger partial charge in [0.2, 0.25) is 5.91 Å². The highest BCUT2D eigenvalue weighted by Crippen LogP contribution is 2.33. The first kappa shape index (κ1) is 26.4. The van der Waals surface area contributed by atoms with E-state index >= 15 is 0 Å². The second-order valence-electron chi connectivity index (χ2n) is 10.4. The van der Waals surface area contributed by atoms with Crippen LogP contribution in [0.15, 0.2) is 48.8 Å². The van der Waals surface area contributed by atoms with E-state index < -0.39 is 11.5 Å². The molecule has 0 bridgehead atoms. The summed E-state index contributed by atoms with van der Waals surface area (Å²) in [6.45, 7) is 4.64. The normalized spacial score (nSPS) is 14.1. The minimum absolute atomic E-state index is 0.109. The first-order valence-corrected chi connectivity index (χ1v) is 13.1. The van der Waals surface area contributed by atoms with E-state index in [9.17, 15) is 4.79 Å². The summed E-state index contributed by atoms with van der Waals surface area (Å²) in [4.78, 5) is 23.7. The maximum Gasteiger partial charge on any atom is 0.248 e. The predicted molar refractivity (Wildman–Crippen MR) is 145 cm³/mol. The second-order valence-corrected chi connectivity index (χ2v) is 10.4. The fourth-order valence-electron chi connectivity index (χ4n) is 4.78. The van der Waals surface area contributed by atoms with Gasteiger partial charge in [-0.25, -0.2) is 9.97 Å². The van der Waals surface area contributed by atoms with E-state index in [2.05, 4.69) is 9.97 Å². The number of nitrogens with zero attached hydrogens (tertiary/aromatic N) is 3. The van der Waals surface area contributed by atoms with E-state index in [1.807, 2.05) is 48.7 Å². The molecule has 1 amide bonds. The standard InChI is InChI=1S/C29H34N6O4/c1-29(2,38-16-18-8-11-20(12-9-18)26(31)36)28-33-24-25(30)32-17-35(27(24)34-28)15-19-10-13-22(37-3)23(14-19)39-21-6-4-5-7-21/h8-14,17,21,30H,4-7,15-16H2,1-3H3,(H2,31,36)(H,33,34). The van der Waals surface area contributed by atoms with Gasteiger partial charge in [-0.2, -0.15) is 0 Å². The zero-order valence-corrected chi connectivity index (χ0v) is 22.5. The van der Waals surface area contributed by atoms with Crippen LogP contribution in [0.4, 0.5) is 0 Å². The Morgan fingerprint density at radius 1 is 1.13 bits per heavy atom. The highest BCUT2D eigenvalue weighted by molar-refractivity contribution is 5.92. The average Bonchev–Trinajstić information content (AvgIpc) is 3.61. The van der Waals surface area contributed by atoms with Crippen LogP contribution in [0.1, 0.15) is 66.8 Å². The lowest BCUT2D eigenvalue weighted by atomic mass is 10.1. The van der Waals surface area contributed by atoms with Crippen LogP contribution in [0.25, 0.3) is 11.2 Å². The van der Waals surface area contributed by atoms with Crippen molar-refractivity contribution in [2.24, 2.45) is 5.73 Å². The molecule has 4 aromatic rings. The molecule has 2 aromatic carbocycles. The molecular formula is C29H34N6O4. The second kappa shape index (κ2) is 10.9. The van der Waals surface area contributed by atoms with Gasteiger partial charge in [0.05, 0.1) is 32.7 Å². The highest BCUT2D eigenvalue weighted by atomic mass is 16.5. The number of aromatic amines is 1. The molecule has 39 heavy (non-hydrogen) atoms. The fraction of sp³-hybridized carbons (Fsp3) is 0.379. The summed E-state index contributed by atoms with van der Waals surface area (Å²) >= 11 is 0. The van der Waals surface area contributed by atoms with Crippen LogP contribution in [0.5, 0.6) is 11.5 Å². The molecule has 0 unspecified atom stereocenters. The number of hydrogen-bond acceptors (Lipinski definition) is 7. The number of nitrogens with one attached hydrogen (secondary N) is 2. The monoisotopic (exact) mass is 530 g/mol. The highest BCUT2D eigenvalue weighted by Gasteiger charge is 2.27. The maximum absolute atomic E-state index is 11.3. The summed E-state index contributed by atoms with van der Waals surface area (Å²) in [6, 6.07) is 12.9. The summed E-state index contributed by atoms with van der Waals surface area (Å²) in [6.07, 6.45) is 6.35. The number of fused-ring (bicyclic) bond motifs is 1. The first-order valence-electron chi connectivity index (χ1n) is 13.1. The molecule has 1 aliphatic rings. The van der Waals surface area contributed by atoms with Crippen molar-refractivity contribution in [2.45, 2.75) is 64.4 Å². The van der Waals surface area contributed by atoms with E-state index in [0.717, 1.165) is 29.7 Å². The SMILES string of the molecule is COc1ccc(Cn2cnc(=N)c3[nH]c(C(C)(C)OCc4ccc(C(N)=O)cc4)nc32)cc1OC1CCCC1. The maximum atomic E-state index is 11.3. The van der Waals surface area contributed by atoms with E-state index in [4.69, 9.17) is 30.3 Å². The number of amides is 1. The van der Waals surface area contributed by atoms with Crippen molar-refractivity contribution >= 4 is 17.1 Å². The van der Waals surface area contributed by atoms with Crippen molar-refractivity contribution in [1.82, 2.24) is 19.5 Å². The Bertz CT molecular complexity index is 1530. The average molecular weight is 531 g/mol. The van der Waals surface area contributed by atoms with Crippen LogP contribution in [0.3, 0.4) is 0 Å². The Hall–Kier alpha value is -4.18. The van der Waals surface area contributed by atoms with Gasteiger partial charge in [0.1, 0.15) is 16.9 Å². The van der Waals surface area contributed by atoms with E-state index in [1.165, 1.54) is 12.8 Å². The van der Waals surface area contributed by atoms with E-state index in [1.54, 1.807) is 25.6 Å². The number of carbonyl (C=O) groups excluding carboxylic acids is 1. The number of methoxy groups -OCH3 is 1. The molecule has 0 aliphatic heterocycles. The van der Waals surface area contributed by atoms with Crippen LogP contribution < -0.4 is 20.7 Å². The third kappa shape index (κ3) is 5.80. The van der Waals surface area contributed by atoms with Gasteiger partial charge < -0.3 is 29.5 Å². The molecule has 0 atom stereocenters. The molecule has 0 saturated heterocycles. The molecule has 204 valence electrons. The molecule has 10 nitrogen and oxygen atoms in total. The van der Waals surface area contributed by atoms with Gasteiger partial charge >= 0.3 is 0 Å². The first-order chi connectivity index (χ1) is 18.7. The topological polar surface area (TPSA) is 141 Å². The van der Waals surface area contributed by atoms with Gasteiger partial charge in [0.15, 0.2) is 22.6 Å². The minimum Gasteiger partial charge on any atom is -0.493 e. The van der Waals surface area contributed by atoms with Gasteiger partial charge in [-0.15, -0.1) is 0 Å². The van der Waals surface area contributed by atoms with E-state index in [0.29, 0.717) is 41.5 Å². The van der Waals surface area contributed by atoms with Crippen LogP contribution in [0, 0.1) is 5.41 Å². The molecule has 1 aliphatic carbocycles. The zero-order chi connectivity index (χ0) is 27.6. The third-order valence-electron chi connectivity index (χ3n) is 7.10. The van der Waals surface area contributed by atoms with Gasteiger partial charge in [-0.3, -0.25) is 10.2 Å². The molecule has 5 rings (SSSR count). The number of carbonyl (C=O) groups is 1. The lowest BCUT2D eigenvalue weighted by Crippen LogP contribution is -2.23. The van der Waals surface area contributed by atoms with Crippen molar-refractivity contribution in [3.8, 4) is 11.5 Å². The summed E-state index contributed by atoms with van der Waals surface area (Å²) in [7, 11) is 1.65. The number of nitrogens with two attached hydrogens (primary N) is 1. The third-order valence-corrected chi connectivity index (χ3v) is 7.10. The van der Waals surface area contributed by atoms with Crippen molar-refractivity contribution in [1.29, 1.82) is 5.41 Å². The van der Waals surface area contributed by atoms with Crippen LogP contribution in [-0.4, -0.2) is 38.6 Å². The Morgan fingerprint density at radius 2 is 1.85 bits per heavy atom. The van der Waals surface area contributed by atoms with Crippen LogP contribution in [0.2, 0.25) is 0 Å². The molecule has 0 spiro atoms. The lowest BCUT2D eigenvalue weighted by Gasteiger charge is -2.23. The Morgan fingerprint density at radius 3 is 2.54 bits per heavy atom. The number of benzene rings is 2. The van der Waals surface area contributed by atoms with Crippen molar-refractivity contribution < 1.29 is 19.0 Å². The number of aromatic nitrogens is 4. The Labute approximate surface area is 226 Å². The minimum atomic E-state index is -0.784. The number of rotatable bonds is 10. The molecule has 2 aromatic heterocycles. The quantitative estimate of drug-likeness (QED) is 0.281.